The third-order valence-corrected chi connectivity index (χ3v) is 2.26. The number of nitrogens with two attached hydrogens (primary N) is 1. The van der Waals surface area contributed by atoms with Crippen LogP contribution in [-0.4, -0.2) is 26.7 Å². The van der Waals surface area contributed by atoms with Gasteiger partial charge in [-0.3, -0.25) is 0 Å². The summed E-state index contributed by atoms with van der Waals surface area (Å²) in [6.07, 6.45) is 3.36. The van der Waals surface area contributed by atoms with E-state index >= 15 is 0 Å². The van der Waals surface area contributed by atoms with Gasteiger partial charge in [0.15, 0.2) is 5.82 Å². The average Bonchev–Trinajstić information content (AvgIpc) is 2.55. The van der Waals surface area contributed by atoms with Crippen molar-refractivity contribution >= 4 is 0 Å². The molecule has 3 N–H and O–H groups in total. The van der Waals surface area contributed by atoms with E-state index in [4.69, 9.17) is 5.73 Å². The van der Waals surface area contributed by atoms with Gasteiger partial charge in [-0.1, -0.05) is 11.6 Å². The molecule has 0 saturated heterocycles. The van der Waals surface area contributed by atoms with E-state index in [0.717, 1.165) is 18.7 Å². The van der Waals surface area contributed by atoms with Crippen LogP contribution in [0.2, 0.25) is 0 Å². The minimum atomic E-state index is 0.229. The fourth-order valence-electron chi connectivity index (χ4n) is 1.64. The topological polar surface area (TPSA) is 80.5 Å². The number of tetrazole rings is 1. The van der Waals surface area contributed by atoms with Crippen LogP contribution in [0.25, 0.3) is 0 Å². The lowest BCUT2D eigenvalue weighted by atomic mass is 10.0. The van der Waals surface area contributed by atoms with Gasteiger partial charge in [0.25, 0.3) is 0 Å². The lowest BCUT2D eigenvalue weighted by Crippen LogP contribution is -2.23. The summed E-state index contributed by atoms with van der Waals surface area (Å²) in [6.45, 7) is 0. The largest absolute Gasteiger partial charge is 0.327 e. The zero-order valence-electron chi connectivity index (χ0n) is 6.20. The third kappa shape index (κ3) is 1.11. The Morgan fingerprint density at radius 2 is 2.36 bits per heavy atom. The number of hydrogen-bond donors (Lipinski definition) is 2. The summed E-state index contributed by atoms with van der Waals surface area (Å²) in [7, 11) is 0. The molecule has 0 radical (unpaired) electrons. The molecule has 11 heavy (non-hydrogen) atoms. The Morgan fingerprint density at radius 1 is 1.45 bits per heavy atom. The summed E-state index contributed by atoms with van der Waals surface area (Å²) in [4.78, 5) is 0. The van der Waals surface area contributed by atoms with Crippen molar-refractivity contribution in [2.75, 3.05) is 0 Å². The van der Waals surface area contributed by atoms with Gasteiger partial charge in [0.2, 0.25) is 0 Å². The number of hydrogen-bond acceptors (Lipinski definition) is 4. The van der Waals surface area contributed by atoms with Crippen molar-refractivity contribution in [3.63, 3.8) is 0 Å². The molecule has 1 aromatic heterocycles. The Labute approximate surface area is 64.4 Å². The van der Waals surface area contributed by atoms with Crippen LogP contribution in [0, 0.1) is 0 Å². The Bertz CT molecular complexity index is 219. The maximum absolute atomic E-state index is 5.85. The number of H-pyrrole nitrogens is 1. The minimum Gasteiger partial charge on any atom is -0.327 e. The van der Waals surface area contributed by atoms with E-state index in [1.54, 1.807) is 0 Å². The molecule has 0 amide bonds. The van der Waals surface area contributed by atoms with Crippen LogP contribution in [0.5, 0.6) is 0 Å². The molecule has 0 aliphatic heterocycles. The molecule has 1 fully saturated rings. The van der Waals surface area contributed by atoms with Gasteiger partial charge in [-0.15, -0.1) is 10.2 Å². The van der Waals surface area contributed by atoms with Crippen molar-refractivity contribution < 1.29 is 0 Å². The van der Waals surface area contributed by atoms with Crippen LogP contribution >= 0.6 is 0 Å². The molecule has 1 saturated carbocycles. The van der Waals surface area contributed by atoms with E-state index in [9.17, 15) is 0 Å². The molecule has 1 aliphatic rings. The quantitative estimate of drug-likeness (QED) is 0.585. The molecule has 1 aliphatic carbocycles. The van der Waals surface area contributed by atoms with E-state index in [2.05, 4.69) is 20.6 Å². The fourth-order valence-corrected chi connectivity index (χ4v) is 1.64. The second-order valence-corrected chi connectivity index (χ2v) is 2.97. The molecular formula is C6H11N5. The smallest absolute Gasteiger partial charge is 0.179 e. The molecular weight excluding hydrogens is 142 g/mol. The molecule has 2 atom stereocenters. The van der Waals surface area contributed by atoms with Gasteiger partial charge in [-0.05, 0) is 12.8 Å². The number of nitrogens with zero attached hydrogens (tertiary/aromatic N) is 3. The first kappa shape index (κ1) is 6.72. The van der Waals surface area contributed by atoms with Crippen molar-refractivity contribution in [1.82, 2.24) is 20.6 Å². The maximum atomic E-state index is 5.85. The minimum absolute atomic E-state index is 0.229. The molecule has 60 valence electrons. The van der Waals surface area contributed by atoms with Crippen molar-refractivity contribution in [3.05, 3.63) is 5.82 Å². The van der Waals surface area contributed by atoms with Gasteiger partial charge in [-0.2, -0.15) is 5.21 Å². The van der Waals surface area contributed by atoms with Crippen LogP contribution in [0.3, 0.4) is 0 Å². The second-order valence-electron chi connectivity index (χ2n) is 2.97. The van der Waals surface area contributed by atoms with Crippen molar-refractivity contribution in [1.29, 1.82) is 0 Å². The highest BCUT2D eigenvalue weighted by Gasteiger charge is 2.28. The molecule has 0 aromatic carbocycles. The van der Waals surface area contributed by atoms with E-state index in [-0.39, 0.29) is 6.04 Å². The zero-order chi connectivity index (χ0) is 7.68. The standard InChI is InChI=1S/C6H11N5/c7-5-3-1-2-4(5)6-8-10-11-9-6/h4-5H,1-3,7H2,(H,8,9,10,11)/t4-,5-/m0/s1. The first-order valence-corrected chi connectivity index (χ1v) is 3.87. The van der Waals surface area contributed by atoms with Crippen molar-refractivity contribution in [2.24, 2.45) is 5.73 Å². The van der Waals surface area contributed by atoms with Gasteiger partial charge >= 0.3 is 0 Å². The van der Waals surface area contributed by atoms with Gasteiger partial charge in [0.05, 0.1) is 0 Å². The molecule has 0 spiro atoms. The van der Waals surface area contributed by atoms with Gasteiger partial charge in [0, 0.05) is 12.0 Å². The second kappa shape index (κ2) is 2.58. The average molecular weight is 153 g/mol. The van der Waals surface area contributed by atoms with Crippen LogP contribution in [0.1, 0.15) is 31.0 Å². The van der Waals surface area contributed by atoms with Gasteiger partial charge < -0.3 is 5.73 Å². The first-order valence-electron chi connectivity index (χ1n) is 3.87. The Hall–Kier alpha value is -0.970. The van der Waals surface area contributed by atoms with Gasteiger partial charge in [0.1, 0.15) is 0 Å². The van der Waals surface area contributed by atoms with Crippen LogP contribution in [0.4, 0.5) is 0 Å². The SMILES string of the molecule is N[C@H]1CCC[C@@H]1c1nn[nH]n1. The summed E-state index contributed by atoms with van der Waals surface area (Å²) in [6, 6.07) is 0.229. The van der Waals surface area contributed by atoms with Crippen LogP contribution in [-0.2, 0) is 0 Å². The van der Waals surface area contributed by atoms with E-state index in [1.165, 1.54) is 6.42 Å². The third-order valence-electron chi connectivity index (χ3n) is 2.26. The van der Waals surface area contributed by atoms with E-state index < -0.39 is 0 Å². The lowest BCUT2D eigenvalue weighted by molar-refractivity contribution is 0.582. The summed E-state index contributed by atoms with van der Waals surface area (Å²) in [5, 5.41) is 13.8. The molecule has 5 nitrogen and oxygen atoms in total. The molecule has 0 bridgehead atoms. The highest BCUT2D eigenvalue weighted by atomic mass is 15.5. The predicted molar refractivity (Wildman–Crippen MR) is 38.7 cm³/mol. The number of aromatic nitrogens is 4. The maximum Gasteiger partial charge on any atom is 0.179 e. The van der Waals surface area contributed by atoms with Crippen molar-refractivity contribution in [2.45, 2.75) is 31.2 Å². The normalized spacial score (nSPS) is 31.0. The lowest BCUT2D eigenvalue weighted by Gasteiger charge is -2.08. The summed E-state index contributed by atoms with van der Waals surface area (Å²) >= 11 is 0. The molecule has 1 heterocycles. The van der Waals surface area contributed by atoms with E-state index in [1.807, 2.05) is 0 Å². The fraction of sp³-hybridized carbons (Fsp3) is 0.833. The molecule has 2 rings (SSSR count). The van der Waals surface area contributed by atoms with Crippen LogP contribution < -0.4 is 5.73 Å². The monoisotopic (exact) mass is 153 g/mol. The number of nitrogens with one attached hydrogen (secondary N) is 1. The Kier molecular flexibility index (Phi) is 1.58. The predicted octanol–water partition coefficient (Wildman–Crippen LogP) is -0.206. The summed E-state index contributed by atoms with van der Waals surface area (Å²) < 4.78 is 0. The van der Waals surface area contributed by atoms with Crippen LogP contribution in [0.15, 0.2) is 0 Å². The summed E-state index contributed by atoms with van der Waals surface area (Å²) in [5.41, 5.74) is 5.85. The highest BCUT2D eigenvalue weighted by Crippen LogP contribution is 2.30. The molecule has 5 heteroatoms. The summed E-state index contributed by atoms with van der Waals surface area (Å²) in [5.74, 6) is 1.10. The van der Waals surface area contributed by atoms with Crippen molar-refractivity contribution in [3.8, 4) is 0 Å². The molecule has 0 unspecified atom stereocenters. The number of rotatable bonds is 1. The van der Waals surface area contributed by atoms with Gasteiger partial charge in [-0.25, -0.2) is 0 Å². The Balaban J connectivity index is 2.16. The first-order chi connectivity index (χ1) is 5.38. The van der Waals surface area contributed by atoms with E-state index in [0.29, 0.717) is 5.92 Å². The highest BCUT2D eigenvalue weighted by molar-refractivity contribution is 5.00. The zero-order valence-corrected chi connectivity index (χ0v) is 6.20. The Morgan fingerprint density at radius 3 is 2.91 bits per heavy atom. The molecule has 1 aromatic rings. The number of aromatic amines is 1.